The van der Waals surface area contributed by atoms with Crippen LogP contribution < -0.4 is 0 Å². The molecular weight excluding hydrogens is 342 g/mol. The van der Waals surface area contributed by atoms with E-state index in [0.29, 0.717) is 18.3 Å². The highest BCUT2D eigenvalue weighted by molar-refractivity contribution is 7.13. The van der Waals surface area contributed by atoms with Crippen molar-refractivity contribution in [1.82, 2.24) is 15.0 Å². The Labute approximate surface area is 156 Å². The fraction of sp³-hybridized carbons (Fsp3) is 0.143. The second-order valence-corrected chi connectivity index (χ2v) is 7.08. The molecule has 0 aliphatic heterocycles. The molecule has 0 unspecified atom stereocenters. The van der Waals surface area contributed by atoms with Crippen molar-refractivity contribution < 1.29 is 4.52 Å². The Morgan fingerprint density at radius 3 is 2.15 bits per heavy atom. The van der Waals surface area contributed by atoms with Crippen LogP contribution in [0.3, 0.4) is 0 Å². The van der Waals surface area contributed by atoms with E-state index in [1.165, 1.54) is 11.1 Å². The first-order valence-electron chi connectivity index (χ1n) is 8.48. The van der Waals surface area contributed by atoms with E-state index in [0.717, 1.165) is 4.88 Å². The maximum Gasteiger partial charge on any atom is 0.241 e. The number of benzene rings is 2. The van der Waals surface area contributed by atoms with E-state index in [9.17, 15) is 0 Å². The molecule has 0 fully saturated rings. The molecule has 0 aliphatic carbocycles. The lowest BCUT2D eigenvalue weighted by molar-refractivity contribution is 0.229. The Balaban J connectivity index is 1.60. The number of rotatable bonds is 6. The molecule has 0 amide bonds. The van der Waals surface area contributed by atoms with Crippen molar-refractivity contribution in [2.75, 3.05) is 7.05 Å². The summed E-state index contributed by atoms with van der Waals surface area (Å²) < 4.78 is 5.48. The van der Waals surface area contributed by atoms with Gasteiger partial charge in [0.15, 0.2) is 0 Å². The molecule has 4 nitrogen and oxygen atoms in total. The normalized spacial score (nSPS) is 11.3. The van der Waals surface area contributed by atoms with Gasteiger partial charge in [-0.15, -0.1) is 11.3 Å². The molecule has 0 atom stereocenters. The summed E-state index contributed by atoms with van der Waals surface area (Å²) >= 11 is 1.61. The molecule has 2 aromatic carbocycles. The molecule has 0 saturated carbocycles. The van der Waals surface area contributed by atoms with Gasteiger partial charge in [-0.3, -0.25) is 4.90 Å². The van der Waals surface area contributed by atoms with E-state index in [1.807, 2.05) is 29.6 Å². The smallest absolute Gasteiger partial charge is 0.241 e. The molecule has 0 N–H and O–H groups in total. The van der Waals surface area contributed by atoms with Crippen molar-refractivity contribution in [1.29, 1.82) is 0 Å². The van der Waals surface area contributed by atoms with Gasteiger partial charge in [0, 0.05) is 0 Å². The molecule has 0 bridgehead atoms. The largest absolute Gasteiger partial charge is 0.338 e. The van der Waals surface area contributed by atoms with E-state index >= 15 is 0 Å². The fourth-order valence-electron chi connectivity index (χ4n) is 3.10. The minimum absolute atomic E-state index is 0.120. The highest BCUT2D eigenvalue weighted by atomic mass is 32.1. The van der Waals surface area contributed by atoms with Gasteiger partial charge in [0.2, 0.25) is 11.7 Å². The zero-order valence-corrected chi connectivity index (χ0v) is 15.3. The lowest BCUT2D eigenvalue weighted by Crippen LogP contribution is -2.25. The van der Waals surface area contributed by atoms with Gasteiger partial charge in [0.05, 0.1) is 17.5 Å². The van der Waals surface area contributed by atoms with Crippen molar-refractivity contribution in [3.8, 4) is 10.7 Å². The van der Waals surface area contributed by atoms with Crippen LogP contribution in [0.5, 0.6) is 0 Å². The molecule has 26 heavy (non-hydrogen) atoms. The first-order valence-corrected chi connectivity index (χ1v) is 9.36. The number of aromatic nitrogens is 2. The van der Waals surface area contributed by atoms with Crippen molar-refractivity contribution >= 4 is 11.3 Å². The summed E-state index contributed by atoms with van der Waals surface area (Å²) in [6, 6.07) is 25.1. The topological polar surface area (TPSA) is 42.2 Å². The van der Waals surface area contributed by atoms with Gasteiger partial charge in [-0.05, 0) is 29.6 Å². The quantitative estimate of drug-likeness (QED) is 0.484. The molecule has 0 radical (unpaired) electrons. The summed E-state index contributed by atoms with van der Waals surface area (Å²) in [5.41, 5.74) is 2.47. The predicted molar refractivity (Wildman–Crippen MR) is 104 cm³/mol. The van der Waals surface area contributed by atoms with Gasteiger partial charge < -0.3 is 4.52 Å². The van der Waals surface area contributed by atoms with Crippen LogP contribution in [0, 0.1) is 0 Å². The summed E-state index contributed by atoms with van der Waals surface area (Å²) in [5.74, 6) is 1.27. The van der Waals surface area contributed by atoms with E-state index in [1.54, 1.807) is 11.3 Å². The molecule has 0 saturated heterocycles. The minimum Gasteiger partial charge on any atom is -0.338 e. The van der Waals surface area contributed by atoms with Gasteiger partial charge >= 0.3 is 0 Å². The van der Waals surface area contributed by atoms with Crippen LogP contribution in [0.1, 0.15) is 23.1 Å². The second kappa shape index (κ2) is 7.64. The summed E-state index contributed by atoms with van der Waals surface area (Å²) in [5, 5.41) is 6.13. The second-order valence-electron chi connectivity index (χ2n) is 6.13. The third-order valence-electron chi connectivity index (χ3n) is 4.27. The Morgan fingerprint density at radius 2 is 1.58 bits per heavy atom. The monoisotopic (exact) mass is 361 g/mol. The van der Waals surface area contributed by atoms with Crippen molar-refractivity contribution in [2.45, 2.75) is 12.6 Å². The van der Waals surface area contributed by atoms with E-state index in [-0.39, 0.29) is 6.04 Å². The zero-order chi connectivity index (χ0) is 17.8. The summed E-state index contributed by atoms with van der Waals surface area (Å²) in [6.45, 7) is 0.576. The maximum absolute atomic E-state index is 5.48. The summed E-state index contributed by atoms with van der Waals surface area (Å²) in [7, 11) is 2.08. The molecule has 0 spiro atoms. The SMILES string of the molecule is CN(Cc1nc(-c2cccs2)no1)C(c1ccccc1)c1ccccc1. The molecule has 130 valence electrons. The molecule has 4 aromatic rings. The van der Waals surface area contributed by atoms with Crippen molar-refractivity contribution in [3.63, 3.8) is 0 Å². The lowest BCUT2D eigenvalue weighted by Gasteiger charge is -2.27. The maximum atomic E-state index is 5.48. The van der Waals surface area contributed by atoms with E-state index in [4.69, 9.17) is 4.52 Å². The highest BCUT2D eigenvalue weighted by Gasteiger charge is 2.21. The van der Waals surface area contributed by atoms with Crippen LogP contribution in [0.2, 0.25) is 0 Å². The number of hydrogen-bond donors (Lipinski definition) is 0. The van der Waals surface area contributed by atoms with Crippen molar-refractivity contribution in [3.05, 3.63) is 95.2 Å². The number of hydrogen-bond acceptors (Lipinski definition) is 5. The number of nitrogens with zero attached hydrogens (tertiary/aromatic N) is 3. The van der Waals surface area contributed by atoms with Gasteiger partial charge in [-0.1, -0.05) is 71.9 Å². The van der Waals surface area contributed by atoms with Crippen molar-refractivity contribution in [2.24, 2.45) is 0 Å². The third kappa shape index (κ3) is 3.59. The molecule has 5 heteroatoms. The van der Waals surface area contributed by atoms with Crippen LogP contribution >= 0.6 is 11.3 Å². The first-order chi connectivity index (χ1) is 12.8. The third-order valence-corrected chi connectivity index (χ3v) is 5.13. The zero-order valence-electron chi connectivity index (χ0n) is 14.4. The van der Waals surface area contributed by atoms with Crippen LogP contribution in [0.25, 0.3) is 10.7 Å². The average molecular weight is 361 g/mol. The molecule has 2 aromatic heterocycles. The Kier molecular flexibility index (Phi) is 4.91. The average Bonchev–Trinajstić information content (AvgIpc) is 3.35. The predicted octanol–water partition coefficient (Wildman–Crippen LogP) is 5.02. The minimum atomic E-state index is 0.120. The van der Waals surface area contributed by atoms with Gasteiger partial charge in [-0.2, -0.15) is 4.98 Å². The van der Waals surface area contributed by atoms with Gasteiger partial charge in [0.1, 0.15) is 0 Å². The summed E-state index contributed by atoms with van der Waals surface area (Å²) in [4.78, 5) is 7.80. The van der Waals surface area contributed by atoms with Gasteiger partial charge in [-0.25, -0.2) is 0 Å². The molecule has 2 heterocycles. The van der Waals surface area contributed by atoms with Crippen LogP contribution in [-0.2, 0) is 6.54 Å². The van der Waals surface area contributed by atoms with E-state index in [2.05, 4.69) is 70.6 Å². The first kappa shape index (κ1) is 16.7. The van der Waals surface area contributed by atoms with Crippen LogP contribution in [0.4, 0.5) is 0 Å². The number of thiophene rings is 1. The van der Waals surface area contributed by atoms with Crippen LogP contribution in [0.15, 0.2) is 82.7 Å². The highest BCUT2D eigenvalue weighted by Crippen LogP contribution is 2.29. The van der Waals surface area contributed by atoms with Gasteiger partial charge in [0.25, 0.3) is 0 Å². The fourth-order valence-corrected chi connectivity index (χ4v) is 3.75. The van der Waals surface area contributed by atoms with Crippen LogP contribution in [-0.4, -0.2) is 22.1 Å². The Morgan fingerprint density at radius 1 is 0.923 bits per heavy atom. The molecule has 4 rings (SSSR count). The molecule has 0 aliphatic rings. The molecular formula is C21H19N3OS. The Hall–Kier alpha value is -2.76. The Bertz CT molecular complexity index is 896. The lowest BCUT2D eigenvalue weighted by atomic mass is 9.97. The standard InChI is InChI=1S/C21H19N3OS/c1-24(15-19-22-21(23-25-19)18-13-8-14-26-18)20(16-9-4-2-5-10-16)17-11-6-3-7-12-17/h2-14,20H,15H2,1H3. The summed E-state index contributed by atoms with van der Waals surface area (Å²) in [6.07, 6.45) is 0. The van der Waals surface area contributed by atoms with E-state index < -0.39 is 0 Å².